The van der Waals surface area contributed by atoms with Crippen LogP contribution in [0.4, 0.5) is 0 Å². The van der Waals surface area contributed by atoms with Crippen LogP contribution in [0.2, 0.25) is 0 Å². The smallest absolute Gasteiger partial charge is 0.00296 e. The highest BCUT2D eigenvalue weighted by Gasteiger charge is 1.18. The third-order valence-electron chi connectivity index (χ3n) is 0. The van der Waals surface area contributed by atoms with Crippen molar-refractivity contribution in [3.8, 4) is 0 Å². The van der Waals surface area contributed by atoms with E-state index in [1.54, 1.807) is 0 Å². The Labute approximate surface area is 30.9 Å². The van der Waals surface area contributed by atoms with Gasteiger partial charge in [0.15, 0.2) is 0 Å². The third kappa shape index (κ3) is 19500. The van der Waals surface area contributed by atoms with Gasteiger partial charge in [0.1, 0.15) is 0 Å². The molecule has 1 nitrogen and oxygen atoms in total. The average molecular weight is 80.5 g/mol. The quantitative estimate of drug-likeness (QED) is 0.460. The number of hydrogen-bond donors (Lipinski definition) is 1. The molecule has 4 N–H and O–H groups in total. The molecule has 0 aromatic carbocycles. The van der Waals surface area contributed by atoms with E-state index >= 15 is 0 Å². The molecule has 0 unspecified atom stereocenters. The van der Waals surface area contributed by atoms with Crippen LogP contribution in [-0.2, 0) is 0 Å². The zero-order valence-corrected chi connectivity index (χ0v) is 3.42. The van der Waals surface area contributed by atoms with Crippen LogP contribution in [0.25, 0.3) is 0 Å². The van der Waals surface area contributed by atoms with Crippen LogP contribution in [0, 0.1) is 0 Å². The Morgan fingerprint density at radius 1 is 1.75 bits per heavy atom. The first-order valence-electron chi connectivity index (χ1n) is 0.626. The Bertz CT molecular complexity index is 13.5. The summed E-state index contributed by atoms with van der Waals surface area (Å²) in [6, 6.07) is 0. The zero-order chi connectivity index (χ0) is 2.71. The van der Waals surface area contributed by atoms with Gasteiger partial charge >= 0.3 is 0 Å². The molecule has 0 aliphatic rings. The second-order valence-electron chi connectivity index (χ2n) is 0.154. The van der Waals surface area contributed by atoms with Gasteiger partial charge < -0.3 is 6.15 Å². The Hall–Kier alpha value is -0.0100. The molecule has 0 saturated carbocycles. The fraction of sp³-hybridized carbons (Fsp3) is 0. The molecule has 0 heterocycles. The SMILES string of the molecule is C=CCl.[NH4+]. The lowest BCUT2D eigenvalue weighted by molar-refractivity contribution is 2.13. The maximum Gasteiger partial charge on any atom is -0.00296 e. The maximum absolute atomic E-state index is 4.76. The summed E-state index contributed by atoms with van der Waals surface area (Å²) in [6.45, 7) is 3.13. The number of halogens is 1. The summed E-state index contributed by atoms with van der Waals surface area (Å²) < 4.78 is 0. The molecule has 0 aliphatic heterocycles. The standard InChI is InChI=1S/C2H3Cl.H3N/c1-2-3;/h2H,1H2;1H3/p+1. The fourth-order valence-electron chi connectivity index (χ4n) is 0. The van der Waals surface area contributed by atoms with E-state index in [0.29, 0.717) is 0 Å². The monoisotopic (exact) mass is 80.0 g/mol. The van der Waals surface area contributed by atoms with Gasteiger partial charge in [-0.25, -0.2) is 0 Å². The van der Waals surface area contributed by atoms with Crippen molar-refractivity contribution >= 4 is 11.6 Å². The molecule has 0 aliphatic carbocycles. The molecule has 0 radical (unpaired) electrons. The van der Waals surface area contributed by atoms with Gasteiger partial charge in [0.05, 0.1) is 0 Å². The highest BCUT2D eigenvalue weighted by molar-refractivity contribution is 6.25. The lowest BCUT2D eigenvalue weighted by Gasteiger charge is -1.27. The number of quaternary nitrogens is 1. The number of hydrogen-bond acceptors (Lipinski definition) is 0. The molecule has 0 atom stereocenters. The van der Waals surface area contributed by atoms with E-state index < -0.39 is 0 Å². The minimum Gasteiger partial charge on any atom is -0.369 e. The van der Waals surface area contributed by atoms with Gasteiger partial charge in [-0.05, 0) is 5.54 Å². The molecule has 0 saturated heterocycles. The van der Waals surface area contributed by atoms with Gasteiger partial charge in [0.25, 0.3) is 0 Å². The Morgan fingerprint density at radius 2 is 1.75 bits per heavy atom. The van der Waals surface area contributed by atoms with E-state index in [-0.39, 0.29) is 6.15 Å². The van der Waals surface area contributed by atoms with E-state index in [4.69, 9.17) is 11.6 Å². The molecule has 0 amide bonds. The highest BCUT2D eigenvalue weighted by Crippen LogP contribution is 1.60. The minimum absolute atomic E-state index is 0. The topological polar surface area (TPSA) is 36.5 Å². The second kappa shape index (κ2) is 12.1. The molecule has 0 bridgehead atoms. The van der Waals surface area contributed by atoms with E-state index in [2.05, 4.69) is 6.58 Å². The van der Waals surface area contributed by atoms with Crippen molar-refractivity contribution < 1.29 is 0 Å². The van der Waals surface area contributed by atoms with Crippen molar-refractivity contribution in [2.45, 2.75) is 0 Å². The molecule has 26 valence electrons. The molecular formula is C2H7ClN+. The Morgan fingerprint density at radius 3 is 1.75 bits per heavy atom. The third-order valence-corrected chi connectivity index (χ3v) is 0. The van der Waals surface area contributed by atoms with Crippen molar-refractivity contribution in [2.24, 2.45) is 0 Å². The summed E-state index contributed by atoms with van der Waals surface area (Å²) in [7, 11) is 0. The molecule has 0 aromatic heterocycles. The summed E-state index contributed by atoms with van der Waals surface area (Å²) in [6.07, 6.45) is 0. The summed E-state index contributed by atoms with van der Waals surface area (Å²) in [5.74, 6) is 0. The minimum atomic E-state index is 0. The second-order valence-corrected chi connectivity index (χ2v) is 0.463. The van der Waals surface area contributed by atoms with Crippen LogP contribution in [-0.4, -0.2) is 0 Å². The first-order chi connectivity index (χ1) is 1.41. The first-order valence-corrected chi connectivity index (χ1v) is 1.06. The van der Waals surface area contributed by atoms with E-state index in [0.717, 1.165) is 0 Å². The maximum atomic E-state index is 4.76. The summed E-state index contributed by atoms with van der Waals surface area (Å²) >= 11 is 4.76. The molecule has 0 aromatic rings. The summed E-state index contributed by atoms with van der Waals surface area (Å²) in [5, 5.41) is 0. The lowest BCUT2D eigenvalue weighted by atomic mass is 11.3. The van der Waals surface area contributed by atoms with E-state index in [1.165, 1.54) is 5.54 Å². The Balaban J connectivity index is 0. The van der Waals surface area contributed by atoms with E-state index in [1.807, 2.05) is 0 Å². The predicted molar refractivity (Wildman–Crippen MR) is 22.0 cm³/mol. The van der Waals surface area contributed by atoms with Gasteiger partial charge in [-0.2, -0.15) is 0 Å². The van der Waals surface area contributed by atoms with Crippen LogP contribution >= 0.6 is 11.6 Å². The summed E-state index contributed by atoms with van der Waals surface area (Å²) in [5.41, 5.74) is 1.22. The lowest BCUT2D eigenvalue weighted by Crippen LogP contribution is -0.926. The van der Waals surface area contributed by atoms with Crippen molar-refractivity contribution in [3.63, 3.8) is 0 Å². The fourth-order valence-corrected chi connectivity index (χ4v) is 0. The van der Waals surface area contributed by atoms with Gasteiger partial charge in [-0.1, -0.05) is 18.2 Å². The van der Waals surface area contributed by atoms with Gasteiger partial charge in [0, 0.05) is 0 Å². The average Bonchev–Trinajstić information content (AvgIpc) is 0.918. The zero-order valence-electron chi connectivity index (χ0n) is 2.66. The van der Waals surface area contributed by atoms with Gasteiger partial charge in [-0.3, -0.25) is 0 Å². The van der Waals surface area contributed by atoms with Crippen LogP contribution in [0.15, 0.2) is 12.1 Å². The Kier molecular flexibility index (Phi) is 27.2. The van der Waals surface area contributed by atoms with Crippen molar-refractivity contribution in [2.75, 3.05) is 0 Å². The van der Waals surface area contributed by atoms with E-state index in [9.17, 15) is 0 Å². The largest absolute Gasteiger partial charge is 0.369 e. The van der Waals surface area contributed by atoms with Crippen molar-refractivity contribution in [3.05, 3.63) is 12.1 Å². The van der Waals surface area contributed by atoms with Crippen molar-refractivity contribution in [1.82, 2.24) is 6.15 Å². The molecule has 0 fully saturated rings. The van der Waals surface area contributed by atoms with Crippen LogP contribution in [0.3, 0.4) is 0 Å². The van der Waals surface area contributed by atoms with Gasteiger partial charge in [-0.15, -0.1) is 0 Å². The molecule has 2 heteroatoms. The van der Waals surface area contributed by atoms with Crippen LogP contribution < -0.4 is 6.15 Å². The van der Waals surface area contributed by atoms with Crippen LogP contribution in [0.5, 0.6) is 0 Å². The van der Waals surface area contributed by atoms with Gasteiger partial charge in [0.2, 0.25) is 0 Å². The molecule has 4 heavy (non-hydrogen) atoms. The number of rotatable bonds is 0. The first kappa shape index (κ1) is 9.01. The predicted octanol–water partition coefficient (Wildman–Crippen LogP) is 1.74. The highest BCUT2D eigenvalue weighted by atomic mass is 35.5. The molecular weight excluding hydrogens is 73.5 g/mol. The van der Waals surface area contributed by atoms with Crippen molar-refractivity contribution in [1.29, 1.82) is 0 Å². The normalized spacial score (nSPS) is 3.25. The van der Waals surface area contributed by atoms with Crippen LogP contribution in [0.1, 0.15) is 0 Å². The molecule has 0 spiro atoms. The molecule has 0 rings (SSSR count). The summed E-state index contributed by atoms with van der Waals surface area (Å²) in [4.78, 5) is 0.